The summed E-state index contributed by atoms with van der Waals surface area (Å²) < 4.78 is 2.40. The summed E-state index contributed by atoms with van der Waals surface area (Å²) >= 11 is 0. The quantitative estimate of drug-likeness (QED) is 0.699. The van der Waals surface area contributed by atoms with Gasteiger partial charge in [0.05, 0.1) is 6.54 Å². The van der Waals surface area contributed by atoms with Gasteiger partial charge in [-0.25, -0.2) is 0 Å². The number of rotatable bonds is 8. The largest absolute Gasteiger partial charge is 0.314 e. The number of nitrogens with zero attached hydrogens (tertiary/aromatic N) is 5. The standard InChI is InChI=1S/C23H35N5/c1-2-28-22(19-27-14-6-7-15-27)24-25-23(28)21-12-17-26(18-13-21)16-8-11-20-9-4-3-5-10-20/h3-5,9-10,21H,2,6-8,11-19H2,1H3. The van der Waals surface area contributed by atoms with Gasteiger partial charge < -0.3 is 9.47 Å². The van der Waals surface area contributed by atoms with Crippen molar-refractivity contribution in [1.29, 1.82) is 0 Å². The van der Waals surface area contributed by atoms with Crippen LogP contribution in [-0.4, -0.2) is 57.3 Å². The number of likely N-dealkylation sites (tertiary alicyclic amines) is 2. The van der Waals surface area contributed by atoms with Crippen molar-refractivity contribution >= 4 is 0 Å². The molecule has 2 saturated heterocycles. The van der Waals surface area contributed by atoms with Crippen LogP contribution in [0.5, 0.6) is 0 Å². The molecular weight excluding hydrogens is 346 g/mol. The SMILES string of the molecule is CCn1c(CN2CCCC2)nnc1C1CCN(CCCc2ccccc2)CC1. The summed E-state index contributed by atoms with van der Waals surface area (Å²) in [7, 11) is 0. The van der Waals surface area contributed by atoms with Crippen molar-refractivity contribution in [3.8, 4) is 0 Å². The van der Waals surface area contributed by atoms with E-state index in [2.05, 4.69) is 61.8 Å². The fourth-order valence-electron chi connectivity index (χ4n) is 4.82. The maximum absolute atomic E-state index is 4.65. The monoisotopic (exact) mass is 381 g/mol. The van der Waals surface area contributed by atoms with Crippen LogP contribution in [0, 0.1) is 0 Å². The van der Waals surface area contributed by atoms with E-state index in [4.69, 9.17) is 0 Å². The van der Waals surface area contributed by atoms with E-state index in [-0.39, 0.29) is 0 Å². The van der Waals surface area contributed by atoms with Crippen LogP contribution < -0.4 is 0 Å². The van der Waals surface area contributed by atoms with Crippen molar-refractivity contribution in [2.75, 3.05) is 32.7 Å². The molecule has 28 heavy (non-hydrogen) atoms. The predicted octanol–water partition coefficient (Wildman–Crippen LogP) is 3.71. The van der Waals surface area contributed by atoms with Gasteiger partial charge in [0, 0.05) is 12.5 Å². The van der Waals surface area contributed by atoms with Crippen molar-refractivity contribution in [1.82, 2.24) is 24.6 Å². The minimum absolute atomic E-state index is 0.574. The van der Waals surface area contributed by atoms with Crippen molar-refractivity contribution in [3.63, 3.8) is 0 Å². The number of benzene rings is 1. The number of piperidine rings is 1. The smallest absolute Gasteiger partial charge is 0.147 e. The molecule has 0 N–H and O–H groups in total. The summed E-state index contributed by atoms with van der Waals surface area (Å²) in [4.78, 5) is 5.16. The fraction of sp³-hybridized carbons (Fsp3) is 0.652. The molecule has 1 aromatic carbocycles. The Morgan fingerprint density at radius 3 is 2.39 bits per heavy atom. The summed E-state index contributed by atoms with van der Waals surface area (Å²) in [5.41, 5.74) is 1.46. The van der Waals surface area contributed by atoms with Gasteiger partial charge in [0.25, 0.3) is 0 Å². The Morgan fingerprint density at radius 1 is 0.929 bits per heavy atom. The number of hydrogen-bond acceptors (Lipinski definition) is 4. The minimum atomic E-state index is 0.574. The molecule has 0 bridgehead atoms. The molecule has 152 valence electrons. The van der Waals surface area contributed by atoms with Crippen molar-refractivity contribution in [3.05, 3.63) is 47.5 Å². The molecule has 0 radical (unpaired) electrons. The Morgan fingerprint density at radius 2 is 1.68 bits per heavy atom. The fourth-order valence-corrected chi connectivity index (χ4v) is 4.82. The zero-order valence-corrected chi connectivity index (χ0v) is 17.4. The topological polar surface area (TPSA) is 37.2 Å². The van der Waals surface area contributed by atoms with Gasteiger partial charge in [-0.05, 0) is 83.7 Å². The zero-order chi connectivity index (χ0) is 19.2. The van der Waals surface area contributed by atoms with Crippen LogP contribution in [0.3, 0.4) is 0 Å². The summed E-state index contributed by atoms with van der Waals surface area (Å²) in [6.45, 7) is 10.2. The molecule has 0 atom stereocenters. The Bertz CT molecular complexity index is 712. The lowest BCUT2D eigenvalue weighted by Gasteiger charge is -2.31. The van der Waals surface area contributed by atoms with Gasteiger partial charge in [-0.2, -0.15) is 0 Å². The molecule has 0 amide bonds. The van der Waals surface area contributed by atoms with E-state index in [0.29, 0.717) is 5.92 Å². The molecule has 0 saturated carbocycles. The molecule has 2 aliphatic heterocycles. The Labute approximate surface area is 169 Å². The van der Waals surface area contributed by atoms with Gasteiger partial charge in [-0.15, -0.1) is 10.2 Å². The molecule has 2 aromatic rings. The van der Waals surface area contributed by atoms with Gasteiger partial charge in [0.15, 0.2) is 0 Å². The average Bonchev–Trinajstić information content (AvgIpc) is 3.39. The number of aromatic nitrogens is 3. The van der Waals surface area contributed by atoms with Gasteiger partial charge in [-0.3, -0.25) is 4.90 Å². The van der Waals surface area contributed by atoms with E-state index in [0.717, 1.165) is 13.1 Å². The summed E-state index contributed by atoms with van der Waals surface area (Å²) in [6.07, 6.45) is 7.52. The number of hydrogen-bond donors (Lipinski definition) is 0. The average molecular weight is 382 g/mol. The van der Waals surface area contributed by atoms with Gasteiger partial charge in [0.2, 0.25) is 0 Å². The van der Waals surface area contributed by atoms with Crippen LogP contribution in [0.15, 0.2) is 30.3 Å². The lowest BCUT2D eigenvalue weighted by atomic mass is 9.95. The van der Waals surface area contributed by atoms with Crippen LogP contribution in [0.25, 0.3) is 0 Å². The highest BCUT2D eigenvalue weighted by molar-refractivity contribution is 5.14. The van der Waals surface area contributed by atoms with Crippen LogP contribution >= 0.6 is 0 Å². The highest BCUT2D eigenvalue weighted by Gasteiger charge is 2.26. The molecular formula is C23H35N5. The van der Waals surface area contributed by atoms with Crippen molar-refractivity contribution in [2.24, 2.45) is 0 Å². The second-order valence-corrected chi connectivity index (χ2v) is 8.41. The summed E-state index contributed by atoms with van der Waals surface area (Å²) in [6, 6.07) is 10.9. The maximum atomic E-state index is 4.65. The van der Waals surface area contributed by atoms with Crippen LogP contribution in [0.1, 0.15) is 62.2 Å². The van der Waals surface area contributed by atoms with Crippen molar-refractivity contribution < 1.29 is 0 Å². The molecule has 0 unspecified atom stereocenters. The highest BCUT2D eigenvalue weighted by atomic mass is 15.3. The highest BCUT2D eigenvalue weighted by Crippen LogP contribution is 2.28. The molecule has 0 aliphatic carbocycles. The molecule has 5 heteroatoms. The zero-order valence-electron chi connectivity index (χ0n) is 17.4. The third-order valence-electron chi connectivity index (χ3n) is 6.47. The first-order chi connectivity index (χ1) is 13.8. The Kier molecular flexibility index (Phi) is 6.76. The Hall–Kier alpha value is -1.72. The first kappa shape index (κ1) is 19.6. The van der Waals surface area contributed by atoms with E-state index in [1.165, 1.54) is 88.5 Å². The molecule has 1 aromatic heterocycles. The normalized spacial score (nSPS) is 19.5. The first-order valence-corrected chi connectivity index (χ1v) is 11.2. The van der Waals surface area contributed by atoms with E-state index >= 15 is 0 Å². The molecule has 5 nitrogen and oxygen atoms in total. The molecule has 2 fully saturated rings. The van der Waals surface area contributed by atoms with Crippen LogP contribution in [-0.2, 0) is 19.5 Å². The molecule has 2 aliphatic rings. The van der Waals surface area contributed by atoms with Crippen LogP contribution in [0.2, 0.25) is 0 Å². The van der Waals surface area contributed by atoms with E-state index < -0.39 is 0 Å². The lowest BCUT2D eigenvalue weighted by molar-refractivity contribution is 0.205. The molecule has 0 spiro atoms. The number of aryl methyl sites for hydroxylation is 1. The third kappa shape index (κ3) is 4.81. The van der Waals surface area contributed by atoms with E-state index in [1.807, 2.05) is 0 Å². The van der Waals surface area contributed by atoms with Gasteiger partial charge >= 0.3 is 0 Å². The molecule has 3 heterocycles. The van der Waals surface area contributed by atoms with Gasteiger partial charge in [0.1, 0.15) is 11.6 Å². The first-order valence-electron chi connectivity index (χ1n) is 11.2. The molecule has 4 rings (SSSR count). The third-order valence-corrected chi connectivity index (χ3v) is 6.47. The second-order valence-electron chi connectivity index (χ2n) is 8.41. The summed E-state index contributed by atoms with van der Waals surface area (Å²) in [5.74, 6) is 2.98. The maximum Gasteiger partial charge on any atom is 0.147 e. The minimum Gasteiger partial charge on any atom is -0.314 e. The lowest BCUT2D eigenvalue weighted by Crippen LogP contribution is -2.34. The Balaban J connectivity index is 1.27. The van der Waals surface area contributed by atoms with Crippen molar-refractivity contribution in [2.45, 2.75) is 64.5 Å². The second kappa shape index (κ2) is 9.66. The van der Waals surface area contributed by atoms with Crippen LogP contribution in [0.4, 0.5) is 0 Å². The van der Waals surface area contributed by atoms with E-state index in [1.54, 1.807) is 0 Å². The predicted molar refractivity (Wildman–Crippen MR) is 113 cm³/mol. The summed E-state index contributed by atoms with van der Waals surface area (Å²) in [5, 5.41) is 9.23. The van der Waals surface area contributed by atoms with E-state index in [9.17, 15) is 0 Å². The van der Waals surface area contributed by atoms with Gasteiger partial charge in [-0.1, -0.05) is 30.3 Å².